The molecule has 1 aromatic carbocycles. The van der Waals surface area contributed by atoms with Crippen LogP contribution in [0.3, 0.4) is 0 Å². The van der Waals surface area contributed by atoms with Crippen molar-refractivity contribution in [1.29, 1.82) is 0 Å². The zero-order chi connectivity index (χ0) is 16.2. The number of methoxy groups -OCH3 is 1. The lowest BCUT2D eigenvalue weighted by molar-refractivity contribution is -0.0905. The molecule has 1 unspecified atom stereocenters. The van der Waals surface area contributed by atoms with E-state index in [4.69, 9.17) is 14.2 Å². The lowest BCUT2D eigenvalue weighted by Crippen LogP contribution is -2.35. The van der Waals surface area contributed by atoms with Gasteiger partial charge in [-0.2, -0.15) is 0 Å². The Balaban J connectivity index is 2.08. The molecule has 1 aliphatic heterocycles. The van der Waals surface area contributed by atoms with Gasteiger partial charge in [0.25, 0.3) is 0 Å². The first-order chi connectivity index (χ1) is 10.5. The Morgan fingerprint density at radius 2 is 2.05 bits per heavy atom. The third-order valence-corrected chi connectivity index (χ3v) is 4.68. The molecule has 0 N–H and O–H groups in total. The Bertz CT molecular complexity index is 482. The fourth-order valence-corrected chi connectivity index (χ4v) is 2.77. The average molecular weight is 304 g/mol. The second-order valence-corrected chi connectivity index (χ2v) is 6.38. The highest BCUT2D eigenvalue weighted by Crippen LogP contribution is 2.42. The van der Waals surface area contributed by atoms with E-state index < -0.39 is 0 Å². The van der Waals surface area contributed by atoms with Crippen molar-refractivity contribution < 1.29 is 14.2 Å². The van der Waals surface area contributed by atoms with Crippen LogP contribution in [0.4, 0.5) is 0 Å². The normalized spacial score (nSPS) is 29.3. The van der Waals surface area contributed by atoms with Gasteiger partial charge in [-0.15, -0.1) is 6.58 Å². The van der Waals surface area contributed by atoms with Crippen LogP contribution in [0.1, 0.15) is 51.9 Å². The fourth-order valence-electron chi connectivity index (χ4n) is 2.77. The predicted octanol–water partition coefficient (Wildman–Crippen LogP) is 4.88. The van der Waals surface area contributed by atoms with E-state index in [1.807, 2.05) is 30.3 Å². The van der Waals surface area contributed by atoms with Crippen molar-refractivity contribution in [2.45, 2.75) is 58.0 Å². The predicted molar refractivity (Wildman–Crippen MR) is 89.0 cm³/mol. The lowest BCUT2D eigenvalue weighted by atomic mass is 9.89. The van der Waals surface area contributed by atoms with Gasteiger partial charge in [-0.25, -0.2) is 0 Å². The van der Waals surface area contributed by atoms with Crippen LogP contribution in [0.2, 0.25) is 0 Å². The summed E-state index contributed by atoms with van der Waals surface area (Å²) in [7, 11) is 1.66. The van der Waals surface area contributed by atoms with Gasteiger partial charge in [0.2, 0.25) is 0 Å². The van der Waals surface area contributed by atoms with Crippen LogP contribution < -0.4 is 4.74 Å². The van der Waals surface area contributed by atoms with Gasteiger partial charge in [-0.3, -0.25) is 0 Å². The van der Waals surface area contributed by atoms with Crippen molar-refractivity contribution in [2.75, 3.05) is 7.11 Å². The number of hydrogen-bond acceptors (Lipinski definition) is 3. The van der Waals surface area contributed by atoms with Gasteiger partial charge in [-0.05, 0) is 37.8 Å². The second-order valence-electron chi connectivity index (χ2n) is 6.38. The summed E-state index contributed by atoms with van der Waals surface area (Å²) >= 11 is 0. The van der Waals surface area contributed by atoms with Crippen LogP contribution in [0.15, 0.2) is 36.9 Å². The van der Waals surface area contributed by atoms with Gasteiger partial charge in [0, 0.05) is 5.56 Å². The molecule has 0 bridgehead atoms. The first kappa shape index (κ1) is 17.0. The van der Waals surface area contributed by atoms with Gasteiger partial charge in [0.05, 0.1) is 12.7 Å². The van der Waals surface area contributed by atoms with Crippen LogP contribution in [0.5, 0.6) is 5.75 Å². The van der Waals surface area contributed by atoms with Crippen molar-refractivity contribution in [3.05, 3.63) is 42.5 Å². The van der Waals surface area contributed by atoms with E-state index in [9.17, 15) is 0 Å². The quantitative estimate of drug-likeness (QED) is 0.672. The molecule has 22 heavy (non-hydrogen) atoms. The summed E-state index contributed by atoms with van der Waals surface area (Å²) < 4.78 is 17.5. The number of hydrogen-bond donors (Lipinski definition) is 0. The van der Waals surface area contributed by atoms with Crippen molar-refractivity contribution >= 4 is 0 Å². The third-order valence-electron chi connectivity index (χ3n) is 4.68. The summed E-state index contributed by atoms with van der Waals surface area (Å²) in [5.41, 5.74) is 0.704. The smallest absolute Gasteiger partial charge is 0.185 e. The summed E-state index contributed by atoms with van der Waals surface area (Å²) in [5, 5.41) is 0. The van der Waals surface area contributed by atoms with E-state index in [-0.39, 0.29) is 18.0 Å². The van der Waals surface area contributed by atoms with Crippen LogP contribution in [-0.2, 0) is 9.47 Å². The van der Waals surface area contributed by atoms with Gasteiger partial charge in [0.15, 0.2) is 6.29 Å². The molecule has 2 rings (SSSR count). The van der Waals surface area contributed by atoms with Crippen molar-refractivity contribution in [1.82, 2.24) is 0 Å². The van der Waals surface area contributed by atoms with E-state index in [0.717, 1.165) is 24.2 Å². The maximum Gasteiger partial charge on any atom is 0.185 e. The Morgan fingerprint density at radius 3 is 2.59 bits per heavy atom. The molecule has 0 spiro atoms. The number of rotatable bonds is 7. The summed E-state index contributed by atoms with van der Waals surface area (Å²) in [5.74, 6) is 1.53. The molecule has 3 nitrogen and oxygen atoms in total. The zero-order valence-corrected chi connectivity index (χ0v) is 14.2. The fraction of sp³-hybridized carbons (Fsp3) is 0.579. The van der Waals surface area contributed by atoms with E-state index in [1.165, 1.54) is 6.42 Å². The first-order valence-corrected chi connectivity index (χ1v) is 8.12. The standard InChI is InChI=1S/C19H28O3/c1-6-14(3)12-13-19(4)17(7-2)21-18(22-19)15-8-10-16(20-5)11-9-15/h7-11,14,17-18H,2,6,12-13H2,1,3-5H3/t14-,17-,18?,19+/m0/s1. The SMILES string of the molecule is C=C[C@@H]1OC(c2ccc(OC)cc2)O[C@]1(C)CC[C@@H](C)CC. The molecular formula is C19H28O3. The molecule has 0 aliphatic carbocycles. The highest BCUT2D eigenvalue weighted by atomic mass is 16.7. The van der Waals surface area contributed by atoms with Crippen LogP contribution in [0.25, 0.3) is 0 Å². The Labute approximate surface area is 134 Å². The molecule has 0 radical (unpaired) electrons. The van der Waals surface area contributed by atoms with Crippen LogP contribution >= 0.6 is 0 Å². The molecule has 3 heteroatoms. The largest absolute Gasteiger partial charge is 0.497 e. The van der Waals surface area contributed by atoms with Gasteiger partial charge < -0.3 is 14.2 Å². The van der Waals surface area contributed by atoms with Gasteiger partial charge in [-0.1, -0.05) is 38.5 Å². The minimum atomic E-state index is -0.337. The molecule has 1 aliphatic rings. The molecule has 1 heterocycles. The highest BCUT2D eigenvalue weighted by molar-refractivity contribution is 5.28. The van der Waals surface area contributed by atoms with Crippen molar-refractivity contribution in [3.8, 4) is 5.75 Å². The summed E-state index contributed by atoms with van der Waals surface area (Å²) in [6.45, 7) is 10.6. The number of benzene rings is 1. The minimum absolute atomic E-state index is 0.0799. The Morgan fingerprint density at radius 1 is 1.36 bits per heavy atom. The van der Waals surface area contributed by atoms with Crippen LogP contribution in [-0.4, -0.2) is 18.8 Å². The molecule has 1 fully saturated rings. The maximum absolute atomic E-state index is 6.27. The zero-order valence-electron chi connectivity index (χ0n) is 14.2. The molecule has 1 aromatic rings. The van der Waals surface area contributed by atoms with Gasteiger partial charge in [0.1, 0.15) is 11.9 Å². The maximum atomic E-state index is 6.27. The molecule has 122 valence electrons. The van der Waals surface area contributed by atoms with E-state index >= 15 is 0 Å². The number of ether oxygens (including phenoxy) is 3. The van der Waals surface area contributed by atoms with E-state index in [2.05, 4.69) is 27.4 Å². The van der Waals surface area contributed by atoms with Crippen molar-refractivity contribution in [2.24, 2.45) is 5.92 Å². The molecule has 0 aromatic heterocycles. The van der Waals surface area contributed by atoms with Crippen molar-refractivity contribution in [3.63, 3.8) is 0 Å². The highest BCUT2D eigenvalue weighted by Gasteiger charge is 2.44. The summed E-state index contributed by atoms with van der Waals surface area (Å²) in [4.78, 5) is 0. The lowest BCUT2D eigenvalue weighted by Gasteiger charge is -2.28. The third kappa shape index (κ3) is 3.71. The molecule has 0 amide bonds. The Hall–Kier alpha value is -1.32. The summed E-state index contributed by atoms with van der Waals surface area (Å²) in [6.07, 6.45) is 4.75. The minimum Gasteiger partial charge on any atom is -0.497 e. The summed E-state index contributed by atoms with van der Waals surface area (Å²) in [6, 6.07) is 7.84. The molecule has 0 saturated carbocycles. The monoisotopic (exact) mass is 304 g/mol. The second kappa shape index (κ2) is 7.30. The van der Waals surface area contributed by atoms with E-state index in [0.29, 0.717) is 5.92 Å². The molecule has 4 atom stereocenters. The topological polar surface area (TPSA) is 27.7 Å². The van der Waals surface area contributed by atoms with Gasteiger partial charge >= 0.3 is 0 Å². The van der Waals surface area contributed by atoms with Crippen LogP contribution in [0, 0.1) is 5.92 Å². The average Bonchev–Trinajstić information content (AvgIpc) is 2.90. The first-order valence-electron chi connectivity index (χ1n) is 8.12. The molecule has 1 saturated heterocycles. The van der Waals surface area contributed by atoms with E-state index in [1.54, 1.807) is 7.11 Å². The Kier molecular flexibility index (Phi) is 5.65. The molecular weight excluding hydrogens is 276 g/mol.